The Bertz CT molecular complexity index is 1280. The van der Waals surface area contributed by atoms with Gasteiger partial charge in [0.15, 0.2) is 0 Å². The number of carbonyl (C=O) groups is 1. The maximum absolute atomic E-state index is 12.3. The number of rotatable bonds is 9. The standard InChI is InChI=1S/C24H23F2N7O/c1-27-24(34)18-8-10-29-23-15(3-2-4-17(18)23)7-9-28-22-11-19(32-14-33-22)16-5-6-21(30-12-16)31-13-20(25)26/h2-6,8,10-12,14,20H,7,9,13H2,1H3,(H,27,34)(H,30,31)(H,28,32,33). The molecule has 8 nitrogen and oxygen atoms in total. The molecule has 0 saturated carbocycles. The predicted octanol–water partition coefficient (Wildman–Crippen LogP) is 3.78. The van der Waals surface area contributed by atoms with E-state index in [9.17, 15) is 13.6 Å². The number of para-hydroxylation sites is 1. The molecule has 0 radical (unpaired) electrons. The molecule has 0 spiro atoms. The first-order chi connectivity index (χ1) is 16.5. The number of nitrogens with one attached hydrogen (secondary N) is 3. The van der Waals surface area contributed by atoms with Gasteiger partial charge in [-0.1, -0.05) is 18.2 Å². The normalized spacial score (nSPS) is 10.9. The molecule has 0 saturated heterocycles. The van der Waals surface area contributed by atoms with Gasteiger partial charge in [-0.2, -0.15) is 0 Å². The van der Waals surface area contributed by atoms with Crippen molar-refractivity contribution in [1.82, 2.24) is 25.3 Å². The van der Waals surface area contributed by atoms with E-state index in [0.717, 1.165) is 22.0 Å². The summed E-state index contributed by atoms with van der Waals surface area (Å²) in [5, 5.41) is 9.32. The first kappa shape index (κ1) is 23.0. The molecule has 0 atom stereocenters. The summed E-state index contributed by atoms with van der Waals surface area (Å²) in [7, 11) is 1.60. The van der Waals surface area contributed by atoms with Gasteiger partial charge in [0.25, 0.3) is 12.3 Å². The number of aromatic nitrogens is 4. The number of nitrogens with zero attached hydrogens (tertiary/aromatic N) is 4. The fourth-order valence-corrected chi connectivity index (χ4v) is 3.54. The Labute approximate surface area is 194 Å². The quantitative estimate of drug-likeness (QED) is 0.347. The van der Waals surface area contributed by atoms with Crippen LogP contribution in [0.15, 0.2) is 61.2 Å². The lowest BCUT2D eigenvalue weighted by molar-refractivity contribution is 0.0964. The molecule has 1 aromatic carbocycles. The van der Waals surface area contributed by atoms with Crippen LogP contribution in [0.4, 0.5) is 20.4 Å². The number of hydrogen-bond donors (Lipinski definition) is 3. The Balaban J connectivity index is 1.43. The van der Waals surface area contributed by atoms with Crippen LogP contribution in [0, 0.1) is 0 Å². The maximum atomic E-state index is 12.3. The van der Waals surface area contributed by atoms with E-state index in [1.807, 2.05) is 18.2 Å². The van der Waals surface area contributed by atoms with E-state index >= 15 is 0 Å². The molecule has 3 aromatic heterocycles. The minimum atomic E-state index is -2.44. The average molecular weight is 463 g/mol. The second-order valence-electron chi connectivity index (χ2n) is 7.42. The number of fused-ring (bicyclic) bond motifs is 1. The summed E-state index contributed by atoms with van der Waals surface area (Å²) in [5.74, 6) is 0.868. The maximum Gasteiger partial charge on any atom is 0.255 e. The molecule has 0 unspecified atom stereocenters. The minimum absolute atomic E-state index is 0.150. The van der Waals surface area contributed by atoms with Crippen molar-refractivity contribution in [2.45, 2.75) is 12.8 Å². The van der Waals surface area contributed by atoms with Crippen molar-refractivity contribution < 1.29 is 13.6 Å². The highest BCUT2D eigenvalue weighted by Crippen LogP contribution is 2.22. The van der Waals surface area contributed by atoms with Crippen molar-refractivity contribution in [2.24, 2.45) is 0 Å². The van der Waals surface area contributed by atoms with Gasteiger partial charge in [-0.3, -0.25) is 9.78 Å². The monoisotopic (exact) mass is 463 g/mol. The number of hydrogen-bond acceptors (Lipinski definition) is 7. The van der Waals surface area contributed by atoms with E-state index in [0.29, 0.717) is 35.9 Å². The number of carbonyl (C=O) groups excluding carboxylic acids is 1. The van der Waals surface area contributed by atoms with E-state index in [4.69, 9.17) is 0 Å². The largest absolute Gasteiger partial charge is 0.370 e. The molecule has 0 aliphatic rings. The summed E-state index contributed by atoms with van der Waals surface area (Å²) in [5.41, 5.74) is 3.80. The smallest absolute Gasteiger partial charge is 0.255 e. The Morgan fingerprint density at radius 1 is 1.00 bits per heavy atom. The van der Waals surface area contributed by atoms with Gasteiger partial charge in [-0.05, 0) is 30.2 Å². The molecule has 174 valence electrons. The average Bonchev–Trinajstić information content (AvgIpc) is 2.87. The second kappa shape index (κ2) is 10.6. The molecule has 3 N–H and O–H groups in total. The third kappa shape index (κ3) is 5.40. The van der Waals surface area contributed by atoms with Crippen molar-refractivity contribution >= 4 is 28.4 Å². The second-order valence-corrected chi connectivity index (χ2v) is 7.42. The van der Waals surface area contributed by atoms with Crippen molar-refractivity contribution in [3.8, 4) is 11.3 Å². The molecule has 1 amide bonds. The molecule has 0 aliphatic carbocycles. The number of pyridine rings is 2. The Kier molecular flexibility index (Phi) is 7.16. The van der Waals surface area contributed by atoms with E-state index < -0.39 is 13.0 Å². The van der Waals surface area contributed by atoms with E-state index in [-0.39, 0.29) is 5.91 Å². The van der Waals surface area contributed by atoms with Crippen molar-refractivity contribution in [3.05, 3.63) is 72.3 Å². The summed E-state index contributed by atoms with van der Waals surface area (Å²) >= 11 is 0. The van der Waals surface area contributed by atoms with Crippen LogP contribution in [0.3, 0.4) is 0 Å². The third-order valence-corrected chi connectivity index (χ3v) is 5.19. The number of halogens is 2. The van der Waals surface area contributed by atoms with Gasteiger partial charge in [0.05, 0.1) is 23.3 Å². The molecule has 0 bridgehead atoms. The first-order valence-electron chi connectivity index (χ1n) is 10.7. The lowest BCUT2D eigenvalue weighted by Gasteiger charge is -2.10. The van der Waals surface area contributed by atoms with Gasteiger partial charge in [-0.25, -0.2) is 23.7 Å². The summed E-state index contributed by atoms with van der Waals surface area (Å²) in [6, 6.07) is 12.7. The van der Waals surface area contributed by atoms with Gasteiger partial charge < -0.3 is 16.0 Å². The summed E-state index contributed by atoms with van der Waals surface area (Å²) < 4.78 is 24.7. The fraction of sp³-hybridized carbons (Fsp3) is 0.208. The van der Waals surface area contributed by atoms with Crippen molar-refractivity contribution in [3.63, 3.8) is 0 Å². The SMILES string of the molecule is CNC(=O)c1ccnc2c(CCNc3cc(-c4ccc(NCC(F)F)nc4)ncn3)cccc12. The highest BCUT2D eigenvalue weighted by Gasteiger charge is 2.11. The number of alkyl halides is 2. The molecule has 0 aliphatic heterocycles. The van der Waals surface area contributed by atoms with E-state index in [2.05, 4.69) is 35.9 Å². The molecule has 4 aromatic rings. The lowest BCUT2D eigenvalue weighted by Crippen LogP contribution is -2.18. The van der Waals surface area contributed by atoms with E-state index in [1.165, 1.54) is 6.33 Å². The molecule has 0 fully saturated rings. The van der Waals surface area contributed by atoms with Gasteiger partial charge in [-0.15, -0.1) is 0 Å². The fourth-order valence-electron chi connectivity index (χ4n) is 3.54. The van der Waals surface area contributed by atoms with Gasteiger partial charge in [0, 0.05) is 43.0 Å². The highest BCUT2D eigenvalue weighted by atomic mass is 19.3. The van der Waals surface area contributed by atoms with Crippen LogP contribution in [-0.4, -0.2) is 52.4 Å². The van der Waals surface area contributed by atoms with Crippen LogP contribution in [0.25, 0.3) is 22.2 Å². The van der Waals surface area contributed by atoms with Crippen LogP contribution in [0.2, 0.25) is 0 Å². The van der Waals surface area contributed by atoms with Gasteiger partial charge >= 0.3 is 0 Å². The lowest BCUT2D eigenvalue weighted by atomic mass is 10.0. The Morgan fingerprint density at radius 3 is 2.65 bits per heavy atom. The number of benzene rings is 1. The Morgan fingerprint density at radius 2 is 1.88 bits per heavy atom. The van der Waals surface area contributed by atoms with Gasteiger partial charge in [0.1, 0.15) is 18.0 Å². The van der Waals surface area contributed by atoms with Crippen molar-refractivity contribution in [2.75, 3.05) is 30.8 Å². The summed E-state index contributed by atoms with van der Waals surface area (Å²) in [6.45, 7) is 0.142. The molecular formula is C24H23F2N7O. The van der Waals surface area contributed by atoms with Crippen LogP contribution in [-0.2, 0) is 6.42 Å². The Hall–Kier alpha value is -4.21. The highest BCUT2D eigenvalue weighted by molar-refractivity contribution is 6.06. The van der Waals surface area contributed by atoms with E-state index in [1.54, 1.807) is 43.7 Å². The minimum Gasteiger partial charge on any atom is -0.370 e. The third-order valence-electron chi connectivity index (χ3n) is 5.19. The van der Waals surface area contributed by atoms with Crippen LogP contribution >= 0.6 is 0 Å². The van der Waals surface area contributed by atoms with Crippen LogP contribution in [0.5, 0.6) is 0 Å². The summed E-state index contributed by atoms with van der Waals surface area (Å²) in [6.07, 6.45) is 2.90. The molecule has 3 heterocycles. The predicted molar refractivity (Wildman–Crippen MR) is 127 cm³/mol. The first-order valence-corrected chi connectivity index (χ1v) is 10.7. The van der Waals surface area contributed by atoms with Crippen molar-refractivity contribution in [1.29, 1.82) is 0 Å². The van der Waals surface area contributed by atoms with Crippen LogP contribution in [0.1, 0.15) is 15.9 Å². The topological polar surface area (TPSA) is 105 Å². The molecule has 10 heteroatoms. The number of anilines is 2. The zero-order chi connectivity index (χ0) is 23.9. The number of amides is 1. The zero-order valence-corrected chi connectivity index (χ0v) is 18.4. The molecule has 34 heavy (non-hydrogen) atoms. The summed E-state index contributed by atoms with van der Waals surface area (Å²) in [4.78, 5) is 29.3. The molecule has 4 rings (SSSR count). The molecular weight excluding hydrogens is 440 g/mol. The van der Waals surface area contributed by atoms with Crippen LogP contribution < -0.4 is 16.0 Å². The van der Waals surface area contributed by atoms with Gasteiger partial charge in [0.2, 0.25) is 0 Å². The zero-order valence-electron chi connectivity index (χ0n) is 18.4.